The molecule has 0 aromatic carbocycles. The first-order valence-electron chi connectivity index (χ1n) is 4.82. The van der Waals surface area contributed by atoms with E-state index in [-0.39, 0.29) is 0 Å². The van der Waals surface area contributed by atoms with E-state index in [0.717, 1.165) is 6.54 Å². The van der Waals surface area contributed by atoms with Crippen LogP contribution in [-0.4, -0.2) is 28.0 Å². The summed E-state index contributed by atoms with van der Waals surface area (Å²) in [6.07, 6.45) is 1.89. The molecule has 1 atom stereocenters. The van der Waals surface area contributed by atoms with Crippen LogP contribution in [0.15, 0.2) is 12.4 Å². The van der Waals surface area contributed by atoms with Crippen LogP contribution in [0.2, 0.25) is 0 Å². The fraction of sp³-hybridized carbons (Fsp3) is 0.600. The molecule has 0 saturated heterocycles. The molecule has 0 spiro atoms. The second kappa shape index (κ2) is 4.93. The van der Waals surface area contributed by atoms with Gasteiger partial charge in [0.2, 0.25) is 0 Å². The van der Waals surface area contributed by atoms with Crippen molar-refractivity contribution in [3.8, 4) is 0 Å². The highest BCUT2D eigenvalue weighted by molar-refractivity contribution is 5.75. The van der Waals surface area contributed by atoms with Crippen molar-refractivity contribution in [3.63, 3.8) is 0 Å². The number of ether oxygens (including phenoxy) is 1. The minimum Gasteiger partial charge on any atom is -0.467 e. The van der Waals surface area contributed by atoms with Gasteiger partial charge in [-0.3, -0.25) is 4.68 Å². The first-order chi connectivity index (χ1) is 7.04. The van der Waals surface area contributed by atoms with E-state index in [1.165, 1.54) is 13.3 Å². The topological polar surface area (TPSA) is 64.3 Å². The molecule has 0 aliphatic heterocycles. The van der Waals surface area contributed by atoms with Crippen molar-refractivity contribution in [2.75, 3.05) is 7.11 Å². The molecule has 1 unspecified atom stereocenters. The van der Waals surface area contributed by atoms with Gasteiger partial charge >= 0.3 is 5.97 Å². The van der Waals surface area contributed by atoms with Gasteiger partial charge < -0.3 is 9.84 Å². The van der Waals surface area contributed by atoms with Crippen molar-refractivity contribution in [3.05, 3.63) is 18.0 Å². The maximum atomic E-state index is 11.0. The molecule has 1 rings (SSSR count). The Morgan fingerprint density at radius 2 is 2.33 bits per heavy atom. The minimum atomic E-state index is -1.24. The fourth-order valence-corrected chi connectivity index (χ4v) is 1.24. The summed E-state index contributed by atoms with van der Waals surface area (Å²) >= 11 is 0. The van der Waals surface area contributed by atoms with Gasteiger partial charge in [-0.1, -0.05) is 13.8 Å². The Bertz CT molecular complexity index is 333. The van der Waals surface area contributed by atoms with Crippen molar-refractivity contribution in [2.45, 2.75) is 26.5 Å². The van der Waals surface area contributed by atoms with Gasteiger partial charge in [-0.15, -0.1) is 0 Å². The lowest BCUT2D eigenvalue weighted by atomic mass is 10.2. The largest absolute Gasteiger partial charge is 0.467 e. The number of nitrogens with zero attached hydrogens (tertiary/aromatic N) is 2. The zero-order chi connectivity index (χ0) is 11.4. The summed E-state index contributed by atoms with van der Waals surface area (Å²) in [5.74, 6) is -0.202. The van der Waals surface area contributed by atoms with Gasteiger partial charge in [-0.2, -0.15) is 5.10 Å². The van der Waals surface area contributed by atoms with Gasteiger partial charge in [0.15, 0.2) is 6.10 Å². The van der Waals surface area contributed by atoms with Crippen molar-refractivity contribution < 1.29 is 14.6 Å². The molecular formula is C10H16N2O3. The Morgan fingerprint density at radius 1 is 1.67 bits per heavy atom. The lowest BCUT2D eigenvalue weighted by Crippen LogP contribution is -2.12. The Labute approximate surface area is 88.7 Å². The standard InChI is InChI=1S/C10H16N2O3/c1-7(2)5-12-6-8(4-11-12)9(13)10(14)15-3/h4,6-7,9,13H,5H2,1-3H3. The van der Waals surface area contributed by atoms with Crippen LogP contribution in [0.3, 0.4) is 0 Å². The fourth-order valence-electron chi connectivity index (χ4n) is 1.24. The van der Waals surface area contributed by atoms with Crippen LogP contribution in [0.1, 0.15) is 25.5 Å². The van der Waals surface area contributed by atoms with Crippen molar-refractivity contribution in [1.82, 2.24) is 9.78 Å². The SMILES string of the molecule is COC(=O)C(O)c1cnn(CC(C)C)c1. The van der Waals surface area contributed by atoms with Crippen LogP contribution in [0, 0.1) is 5.92 Å². The first kappa shape index (κ1) is 11.7. The quantitative estimate of drug-likeness (QED) is 0.748. The van der Waals surface area contributed by atoms with Crippen LogP contribution < -0.4 is 0 Å². The van der Waals surface area contributed by atoms with E-state index >= 15 is 0 Å². The summed E-state index contributed by atoms with van der Waals surface area (Å²) < 4.78 is 6.13. The summed E-state index contributed by atoms with van der Waals surface area (Å²) in [7, 11) is 1.24. The number of aliphatic hydroxyl groups is 1. The summed E-state index contributed by atoms with van der Waals surface area (Å²) in [5, 5.41) is 13.6. The molecule has 1 aromatic heterocycles. The number of hydrogen-bond donors (Lipinski definition) is 1. The Kier molecular flexibility index (Phi) is 3.85. The molecule has 84 valence electrons. The van der Waals surface area contributed by atoms with E-state index in [1.54, 1.807) is 10.9 Å². The van der Waals surface area contributed by atoms with Gasteiger partial charge in [0, 0.05) is 18.3 Å². The third-order valence-electron chi connectivity index (χ3n) is 1.95. The molecule has 0 aliphatic carbocycles. The van der Waals surface area contributed by atoms with Crippen LogP contribution in [-0.2, 0) is 16.1 Å². The summed E-state index contributed by atoms with van der Waals surface area (Å²) in [4.78, 5) is 11.0. The number of rotatable bonds is 4. The second-order valence-electron chi connectivity index (χ2n) is 3.82. The third-order valence-corrected chi connectivity index (χ3v) is 1.95. The number of hydrogen-bond acceptors (Lipinski definition) is 4. The molecule has 0 fully saturated rings. The number of carbonyl (C=O) groups excluding carboxylic acids is 1. The van der Waals surface area contributed by atoms with Crippen LogP contribution >= 0.6 is 0 Å². The lowest BCUT2D eigenvalue weighted by molar-refractivity contribution is -0.150. The summed E-state index contributed by atoms with van der Waals surface area (Å²) in [5.41, 5.74) is 0.461. The molecular weight excluding hydrogens is 196 g/mol. The normalized spacial score (nSPS) is 12.9. The minimum absolute atomic E-state index is 0.461. The zero-order valence-corrected chi connectivity index (χ0v) is 9.17. The van der Waals surface area contributed by atoms with Crippen LogP contribution in [0.4, 0.5) is 0 Å². The van der Waals surface area contributed by atoms with Crippen molar-refractivity contribution in [1.29, 1.82) is 0 Å². The average molecular weight is 212 g/mol. The molecule has 0 radical (unpaired) electrons. The lowest BCUT2D eigenvalue weighted by Gasteiger charge is -2.05. The summed E-state index contributed by atoms with van der Waals surface area (Å²) in [6.45, 7) is 4.89. The Balaban J connectivity index is 2.71. The smallest absolute Gasteiger partial charge is 0.339 e. The molecule has 15 heavy (non-hydrogen) atoms. The molecule has 0 amide bonds. The predicted octanol–water partition coefficient (Wildman–Crippen LogP) is 0.745. The van der Waals surface area contributed by atoms with E-state index in [9.17, 15) is 9.90 Å². The number of aromatic nitrogens is 2. The number of aliphatic hydroxyl groups excluding tert-OH is 1. The molecule has 0 bridgehead atoms. The summed E-state index contributed by atoms with van der Waals surface area (Å²) in [6, 6.07) is 0. The van der Waals surface area contributed by atoms with Gasteiger partial charge in [0.25, 0.3) is 0 Å². The highest BCUT2D eigenvalue weighted by Crippen LogP contribution is 2.13. The van der Waals surface area contributed by atoms with Gasteiger partial charge in [-0.05, 0) is 5.92 Å². The molecule has 1 heterocycles. The molecule has 0 saturated carbocycles. The van der Waals surface area contributed by atoms with Gasteiger partial charge in [0.05, 0.1) is 13.3 Å². The monoisotopic (exact) mass is 212 g/mol. The molecule has 1 aromatic rings. The zero-order valence-electron chi connectivity index (χ0n) is 9.17. The Hall–Kier alpha value is -1.36. The third kappa shape index (κ3) is 3.06. The van der Waals surface area contributed by atoms with Crippen molar-refractivity contribution >= 4 is 5.97 Å². The van der Waals surface area contributed by atoms with Crippen LogP contribution in [0.25, 0.3) is 0 Å². The number of esters is 1. The highest BCUT2D eigenvalue weighted by atomic mass is 16.5. The van der Waals surface area contributed by atoms with Gasteiger partial charge in [-0.25, -0.2) is 4.79 Å². The number of methoxy groups -OCH3 is 1. The number of carbonyl (C=O) groups is 1. The molecule has 5 heteroatoms. The predicted molar refractivity (Wildman–Crippen MR) is 54.0 cm³/mol. The van der Waals surface area contributed by atoms with E-state index < -0.39 is 12.1 Å². The maximum Gasteiger partial charge on any atom is 0.339 e. The molecule has 5 nitrogen and oxygen atoms in total. The van der Waals surface area contributed by atoms with E-state index in [0.29, 0.717) is 11.5 Å². The first-order valence-corrected chi connectivity index (χ1v) is 4.82. The van der Waals surface area contributed by atoms with Crippen molar-refractivity contribution in [2.24, 2.45) is 5.92 Å². The second-order valence-corrected chi connectivity index (χ2v) is 3.82. The van der Waals surface area contributed by atoms with E-state index in [4.69, 9.17) is 0 Å². The van der Waals surface area contributed by atoms with E-state index in [2.05, 4.69) is 23.7 Å². The highest BCUT2D eigenvalue weighted by Gasteiger charge is 2.19. The van der Waals surface area contributed by atoms with Crippen LogP contribution in [0.5, 0.6) is 0 Å². The maximum absolute atomic E-state index is 11.0. The van der Waals surface area contributed by atoms with Gasteiger partial charge in [0.1, 0.15) is 0 Å². The Morgan fingerprint density at radius 3 is 2.87 bits per heavy atom. The molecule has 0 aliphatic rings. The average Bonchev–Trinajstić information content (AvgIpc) is 2.63. The van der Waals surface area contributed by atoms with E-state index in [1.807, 2.05) is 0 Å². The molecule has 1 N–H and O–H groups in total.